The SMILES string of the molecule is CCOc1ccc2nc(NC(=O)c3cc(-c4ccc(C(C)C)cc4)nc4ccccc34)sc2c1. The number of hydrogen-bond donors (Lipinski definition) is 1. The quantitative estimate of drug-likeness (QED) is 0.285. The number of nitrogens with zero attached hydrogens (tertiary/aromatic N) is 2. The van der Waals surface area contributed by atoms with Gasteiger partial charge in [-0.1, -0.05) is 67.6 Å². The van der Waals surface area contributed by atoms with Crippen LogP contribution in [0.5, 0.6) is 5.75 Å². The van der Waals surface area contributed by atoms with Crippen molar-refractivity contribution in [3.8, 4) is 17.0 Å². The lowest BCUT2D eigenvalue weighted by atomic mass is 9.99. The highest BCUT2D eigenvalue weighted by atomic mass is 32.1. The molecule has 5 aromatic rings. The molecular weight excluding hydrogens is 442 g/mol. The molecule has 0 spiro atoms. The molecule has 1 N–H and O–H groups in total. The van der Waals surface area contributed by atoms with E-state index >= 15 is 0 Å². The number of rotatable bonds is 6. The van der Waals surface area contributed by atoms with Crippen LogP contribution in [0.4, 0.5) is 5.13 Å². The molecule has 0 bridgehead atoms. The second kappa shape index (κ2) is 9.23. The zero-order valence-electron chi connectivity index (χ0n) is 19.3. The van der Waals surface area contributed by atoms with Crippen molar-refractivity contribution in [2.24, 2.45) is 0 Å². The summed E-state index contributed by atoms with van der Waals surface area (Å²) in [5, 5.41) is 4.35. The summed E-state index contributed by atoms with van der Waals surface area (Å²) in [6, 6.07) is 23.7. The highest BCUT2D eigenvalue weighted by molar-refractivity contribution is 7.22. The van der Waals surface area contributed by atoms with Crippen LogP contribution in [0, 0.1) is 0 Å². The third-order valence-electron chi connectivity index (χ3n) is 5.73. The number of amides is 1. The summed E-state index contributed by atoms with van der Waals surface area (Å²) in [6.45, 7) is 6.90. The average Bonchev–Trinajstić information content (AvgIpc) is 3.25. The Hall–Kier alpha value is -3.77. The van der Waals surface area contributed by atoms with Crippen molar-refractivity contribution >= 4 is 43.5 Å². The lowest BCUT2D eigenvalue weighted by Gasteiger charge is -2.11. The van der Waals surface area contributed by atoms with Gasteiger partial charge in [0.15, 0.2) is 5.13 Å². The maximum Gasteiger partial charge on any atom is 0.258 e. The molecule has 170 valence electrons. The Morgan fingerprint density at radius 3 is 2.53 bits per heavy atom. The van der Waals surface area contributed by atoms with E-state index in [1.807, 2.05) is 55.5 Å². The van der Waals surface area contributed by atoms with E-state index in [2.05, 4.69) is 48.4 Å². The molecule has 0 fully saturated rings. The van der Waals surface area contributed by atoms with Crippen LogP contribution in [0.3, 0.4) is 0 Å². The average molecular weight is 468 g/mol. The summed E-state index contributed by atoms with van der Waals surface area (Å²) in [7, 11) is 0. The largest absolute Gasteiger partial charge is 0.494 e. The van der Waals surface area contributed by atoms with E-state index in [9.17, 15) is 4.79 Å². The number of thiazole rings is 1. The molecule has 2 heterocycles. The third-order valence-corrected chi connectivity index (χ3v) is 6.66. The molecule has 2 aromatic heterocycles. The summed E-state index contributed by atoms with van der Waals surface area (Å²) in [6.07, 6.45) is 0. The maximum atomic E-state index is 13.4. The molecule has 0 radical (unpaired) electrons. The van der Waals surface area contributed by atoms with E-state index in [1.54, 1.807) is 0 Å². The van der Waals surface area contributed by atoms with Crippen molar-refractivity contribution in [1.29, 1.82) is 0 Å². The number of pyridine rings is 1. The van der Waals surface area contributed by atoms with Gasteiger partial charge in [0.1, 0.15) is 5.75 Å². The number of nitrogens with one attached hydrogen (secondary N) is 1. The number of fused-ring (bicyclic) bond motifs is 2. The summed E-state index contributed by atoms with van der Waals surface area (Å²) >= 11 is 1.43. The summed E-state index contributed by atoms with van der Waals surface area (Å²) in [5.41, 5.74) is 5.20. The van der Waals surface area contributed by atoms with Crippen molar-refractivity contribution in [3.63, 3.8) is 0 Å². The van der Waals surface area contributed by atoms with Crippen LogP contribution in [-0.4, -0.2) is 22.5 Å². The molecule has 0 saturated carbocycles. The first-order chi connectivity index (χ1) is 16.5. The predicted octanol–water partition coefficient (Wildman–Crippen LogP) is 7.29. The number of aromatic nitrogens is 2. The van der Waals surface area contributed by atoms with Crippen molar-refractivity contribution in [3.05, 3.63) is 83.9 Å². The zero-order chi connectivity index (χ0) is 23.7. The standard InChI is InChI=1S/C28H25N3O2S/c1-4-33-20-13-14-24-26(15-20)34-28(30-24)31-27(32)22-16-25(29-23-8-6-5-7-21(22)23)19-11-9-18(10-12-19)17(2)3/h5-17H,4H2,1-3H3,(H,30,31,32). The monoisotopic (exact) mass is 467 g/mol. The van der Waals surface area contributed by atoms with Crippen LogP contribution < -0.4 is 10.1 Å². The molecule has 0 aliphatic rings. The van der Waals surface area contributed by atoms with E-state index in [1.165, 1.54) is 16.9 Å². The van der Waals surface area contributed by atoms with Gasteiger partial charge < -0.3 is 4.74 Å². The van der Waals surface area contributed by atoms with E-state index in [0.29, 0.717) is 23.2 Å². The number of carbonyl (C=O) groups is 1. The van der Waals surface area contributed by atoms with Crippen LogP contribution in [0.1, 0.15) is 42.6 Å². The number of ether oxygens (including phenoxy) is 1. The Morgan fingerprint density at radius 1 is 0.971 bits per heavy atom. The molecule has 0 saturated heterocycles. The fourth-order valence-corrected chi connectivity index (χ4v) is 4.82. The van der Waals surface area contributed by atoms with Crippen LogP contribution in [0.15, 0.2) is 72.8 Å². The van der Waals surface area contributed by atoms with Gasteiger partial charge in [0, 0.05) is 10.9 Å². The predicted molar refractivity (Wildman–Crippen MR) is 140 cm³/mol. The Morgan fingerprint density at radius 2 is 1.76 bits per heavy atom. The first kappa shape index (κ1) is 22.0. The van der Waals surface area contributed by atoms with Gasteiger partial charge in [-0.15, -0.1) is 0 Å². The second-order valence-electron chi connectivity index (χ2n) is 8.38. The minimum Gasteiger partial charge on any atom is -0.494 e. The minimum atomic E-state index is -0.206. The summed E-state index contributed by atoms with van der Waals surface area (Å²) in [5.74, 6) is 1.05. The van der Waals surface area contributed by atoms with Crippen LogP contribution in [0.25, 0.3) is 32.4 Å². The van der Waals surface area contributed by atoms with Gasteiger partial charge in [-0.2, -0.15) is 0 Å². The first-order valence-electron chi connectivity index (χ1n) is 11.4. The summed E-state index contributed by atoms with van der Waals surface area (Å²) < 4.78 is 6.55. The van der Waals surface area contributed by atoms with Crippen LogP contribution in [-0.2, 0) is 0 Å². The van der Waals surface area contributed by atoms with Gasteiger partial charge in [0.05, 0.1) is 33.6 Å². The van der Waals surface area contributed by atoms with E-state index in [0.717, 1.165) is 38.1 Å². The van der Waals surface area contributed by atoms with Gasteiger partial charge in [-0.3, -0.25) is 10.1 Å². The zero-order valence-corrected chi connectivity index (χ0v) is 20.1. The lowest BCUT2D eigenvalue weighted by Crippen LogP contribution is -2.13. The van der Waals surface area contributed by atoms with Gasteiger partial charge in [-0.25, -0.2) is 9.97 Å². The summed E-state index contributed by atoms with van der Waals surface area (Å²) in [4.78, 5) is 22.8. The number of hydrogen-bond acceptors (Lipinski definition) is 5. The molecule has 5 rings (SSSR count). The molecule has 6 heteroatoms. The van der Waals surface area contributed by atoms with Gasteiger partial charge in [0.25, 0.3) is 5.91 Å². The van der Waals surface area contributed by atoms with Gasteiger partial charge in [-0.05, 0) is 48.7 Å². The molecule has 5 nitrogen and oxygen atoms in total. The Balaban J connectivity index is 1.51. The van der Waals surface area contributed by atoms with Crippen molar-refractivity contribution in [2.75, 3.05) is 11.9 Å². The molecule has 34 heavy (non-hydrogen) atoms. The Kier molecular flexibility index (Phi) is 5.99. The molecule has 0 unspecified atom stereocenters. The highest BCUT2D eigenvalue weighted by Gasteiger charge is 2.16. The fourth-order valence-electron chi connectivity index (χ4n) is 3.93. The molecular formula is C28H25N3O2S. The van der Waals surface area contributed by atoms with Crippen LogP contribution in [0.2, 0.25) is 0 Å². The van der Waals surface area contributed by atoms with Crippen molar-refractivity contribution in [1.82, 2.24) is 9.97 Å². The van der Waals surface area contributed by atoms with E-state index in [4.69, 9.17) is 9.72 Å². The van der Waals surface area contributed by atoms with Gasteiger partial charge in [0.2, 0.25) is 0 Å². The number of anilines is 1. The Labute approximate surface area is 202 Å². The van der Waals surface area contributed by atoms with Gasteiger partial charge >= 0.3 is 0 Å². The number of carbonyl (C=O) groups excluding carboxylic acids is 1. The number of benzene rings is 3. The topological polar surface area (TPSA) is 64.1 Å². The lowest BCUT2D eigenvalue weighted by molar-refractivity contribution is 0.102. The molecule has 1 amide bonds. The van der Waals surface area contributed by atoms with E-state index < -0.39 is 0 Å². The first-order valence-corrected chi connectivity index (χ1v) is 12.2. The maximum absolute atomic E-state index is 13.4. The van der Waals surface area contributed by atoms with Crippen molar-refractivity contribution in [2.45, 2.75) is 26.7 Å². The molecule has 0 aliphatic carbocycles. The Bertz CT molecular complexity index is 1490. The van der Waals surface area contributed by atoms with Crippen molar-refractivity contribution < 1.29 is 9.53 Å². The molecule has 3 aromatic carbocycles. The molecule has 0 aliphatic heterocycles. The van der Waals surface area contributed by atoms with Crippen LogP contribution >= 0.6 is 11.3 Å². The fraction of sp³-hybridized carbons (Fsp3) is 0.179. The normalized spacial score (nSPS) is 11.3. The minimum absolute atomic E-state index is 0.206. The number of para-hydroxylation sites is 1. The molecule has 0 atom stereocenters. The highest BCUT2D eigenvalue weighted by Crippen LogP contribution is 2.31. The smallest absolute Gasteiger partial charge is 0.258 e. The van der Waals surface area contributed by atoms with E-state index in [-0.39, 0.29) is 5.91 Å². The second-order valence-corrected chi connectivity index (χ2v) is 9.42. The third kappa shape index (κ3) is 4.37.